The van der Waals surface area contributed by atoms with Crippen LogP contribution in [0.15, 0.2) is 27.9 Å². The van der Waals surface area contributed by atoms with E-state index in [1.807, 2.05) is 24.3 Å². The Morgan fingerprint density at radius 3 is 2.55 bits per heavy atom. The second kappa shape index (κ2) is 14.4. The highest BCUT2D eigenvalue weighted by Gasteiger charge is 2.34. The number of anilines is 1. The van der Waals surface area contributed by atoms with Gasteiger partial charge in [-0.25, -0.2) is 0 Å². The summed E-state index contributed by atoms with van der Waals surface area (Å²) in [7, 11) is 4.82. The highest BCUT2D eigenvalue weighted by Crippen LogP contribution is 2.36. The molecule has 0 spiro atoms. The Morgan fingerprint density at radius 1 is 1.20 bits per heavy atom. The molecule has 3 rings (SSSR count). The van der Waals surface area contributed by atoms with Crippen LogP contribution >= 0.6 is 24.0 Å². The molecule has 1 fully saturated rings. The molecule has 1 aliphatic rings. The van der Waals surface area contributed by atoms with Gasteiger partial charge in [0.05, 0.1) is 19.1 Å². The minimum absolute atomic E-state index is 0.0558. The third-order valence-corrected chi connectivity index (χ3v) is 8.66. The Morgan fingerprint density at radius 2 is 1.93 bits per heavy atom. The molecule has 1 atom stereocenters. The second-order valence-electron chi connectivity index (χ2n) is 9.81. The van der Waals surface area contributed by atoms with Crippen molar-refractivity contribution in [3.05, 3.63) is 55.7 Å². The van der Waals surface area contributed by atoms with Gasteiger partial charge in [-0.3, -0.25) is 19.1 Å². The third kappa shape index (κ3) is 6.88. The number of pyridine rings is 1. The number of carbonyl (C=O) groups excluding carboxylic acids is 1. The SMILES string of the molecule is CCCCC(CC)CN1C(=O)/C(=C\c2c(C)c(C#N)c(=O)n(C)c2NCCc2ccc(OC)c(OC)c2)SC1=S. The van der Waals surface area contributed by atoms with E-state index in [9.17, 15) is 14.9 Å². The molecule has 0 aliphatic carbocycles. The van der Waals surface area contributed by atoms with Gasteiger partial charge in [0.2, 0.25) is 0 Å². The molecule has 2 aromatic rings. The lowest BCUT2D eigenvalue weighted by atomic mass is 9.99. The standard InChI is InChI=1S/C30H38N4O4S2/c1-7-9-10-20(8-2)18-34-29(36)26(40-30(34)39)16-22-19(3)23(17-31)28(35)33(4)27(22)32-14-13-21-11-12-24(37-5)25(15-21)38-6/h11-12,15-16,20,32H,7-10,13-14,18H2,1-6H3/b26-16+. The number of carbonyl (C=O) groups is 1. The van der Waals surface area contributed by atoms with Gasteiger partial charge in [0.1, 0.15) is 21.8 Å². The largest absolute Gasteiger partial charge is 0.493 e. The first kappa shape index (κ1) is 31.2. The number of benzene rings is 1. The van der Waals surface area contributed by atoms with Gasteiger partial charge in [-0.15, -0.1) is 0 Å². The zero-order chi connectivity index (χ0) is 29.4. The number of nitrogens with one attached hydrogen (secondary N) is 1. The van der Waals surface area contributed by atoms with Crippen LogP contribution < -0.4 is 20.3 Å². The van der Waals surface area contributed by atoms with Gasteiger partial charge in [0.15, 0.2) is 11.5 Å². The third-order valence-electron chi connectivity index (χ3n) is 7.29. The first-order valence-electron chi connectivity index (χ1n) is 13.5. The predicted octanol–water partition coefficient (Wildman–Crippen LogP) is 5.65. The summed E-state index contributed by atoms with van der Waals surface area (Å²) in [5.74, 6) is 2.10. The van der Waals surface area contributed by atoms with Crippen molar-refractivity contribution in [1.82, 2.24) is 9.47 Å². The molecular formula is C30H38N4O4S2. The Balaban J connectivity index is 1.92. The summed E-state index contributed by atoms with van der Waals surface area (Å²) >= 11 is 6.87. The van der Waals surface area contributed by atoms with Gasteiger partial charge in [-0.2, -0.15) is 5.26 Å². The Kier molecular flexibility index (Phi) is 11.2. The van der Waals surface area contributed by atoms with Gasteiger partial charge in [0.25, 0.3) is 11.5 Å². The van der Waals surface area contributed by atoms with Crippen LogP contribution in [0.5, 0.6) is 11.5 Å². The van der Waals surface area contributed by atoms with Crippen molar-refractivity contribution in [3.63, 3.8) is 0 Å². The molecule has 1 N–H and O–H groups in total. The number of nitriles is 1. The molecule has 0 radical (unpaired) electrons. The molecule has 2 heterocycles. The molecule has 0 saturated carbocycles. The number of rotatable bonds is 13. The van der Waals surface area contributed by atoms with Crippen LogP contribution in [-0.4, -0.2) is 47.0 Å². The lowest BCUT2D eigenvalue weighted by Crippen LogP contribution is -2.33. The van der Waals surface area contributed by atoms with Crippen LogP contribution in [-0.2, 0) is 18.3 Å². The highest BCUT2D eigenvalue weighted by atomic mass is 32.2. The van der Waals surface area contributed by atoms with Gasteiger partial charge < -0.3 is 14.8 Å². The van der Waals surface area contributed by atoms with Crippen molar-refractivity contribution in [2.45, 2.75) is 52.9 Å². The zero-order valence-electron chi connectivity index (χ0n) is 24.1. The van der Waals surface area contributed by atoms with Gasteiger partial charge in [0, 0.05) is 25.7 Å². The minimum atomic E-state index is -0.389. The van der Waals surface area contributed by atoms with Crippen molar-refractivity contribution in [2.24, 2.45) is 13.0 Å². The predicted molar refractivity (Wildman–Crippen MR) is 166 cm³/mol. The van der Waals surface area contributed by atoms with Crippen LogP contribution in [0, 0.1) is 24.2 Å². The summed E-state index contributed by atoms with van der Waals surface area (Å²) < 4.78 is 12.7. The molecule has 1 aromatic carbocycles. The summed E-state index contributed by atoms with van der Waals surface area (Å²) in [5.41, 5.74) is 1.85. The number of thiocarbonyl (C=S) groups is 1. The first-order chi connectivity index (χ1) is 19.2. The summed E-state index contributed by atoms with van der Waals surface area (Å²) in [4.78, 5) is 28.6. The van der Waals surface area contributed by atoms with Crippen molar-refractivity contribution < 1.29 is 14.3 Å². The Bertz CT molecular complexity index is 1390. The average molecular weight is 583 g/mol. The monoisotopic (exact) mass is 582 g/mol. The molecule has 214 valence electrons. The molecule has 1 saturated heterocycles. The number of unbranched alkanes of at least 4 members (excludes halogenated alkanes) is 1. The maximum atomic E-state index is 13.5. The normalized spacial score (nSPS) is 14.9. The number of amides is 1. The van der Waals surface area contributed by atoms with E-state index in [2.05, 4.69) is 19.2 Å². The number of thioether (sulfide) groups is 1. The smallest absolute Gasteiger partial charge is 0.270 e. The van der Waals surface area contributed by atoms with Crippen LogP contribution in [0.1, 0.15) is 61.8 Å². The molecule has 0 bridgehead atoms. The fourth-order valence-corrected chi connectivity index (χ4v) is 6.03. The van der Waals surface area contributed by atoms with E-state index < -0.39 is 0 Å². The molecule has 8 nitrogen and oxygen atoms in total. The summed E-state index contributed by atoms with van der Waals surface area (Å²) in [6, 6.07) is 7.77. The van der Waals surface area contributed by atoms with E-state index in [4.69, 9.17) is 21.7 Å². The molecule has 40 heavy (non-hydrogen) atoms. The van der Waals surface area contributed by atoms with Crippen LogP contribution in [0.2, 0.25) is 0 Å². The number of ether oxygens (including phenoxy) is 2. The fraction of sp³-hybridized carbons (Fsp3) is 0.467. The van der Waals surface area contributed by atoms with E-state index in [0.717, 1.165) is 31.2 Å². The zero-order valence-corrected chi connectivity index (χ0v) is 25.8. The van der Waals surface area contributed by atoms with E-state index in [-0.39, 0.29) is 17.0 Å². The van der Waals surface area contributed by atoms with E-state index in [1.54, 1.807) is 39.2 Å². The van der Waals surface area contributed by atoms with Crippen LogP contribution in [0.4, 0.5) is 5.82 Å². The van der Waals surface area contributed by atoms with Gasteiger partial charge >= 0.3 is 0 Å². The Hall–Kier alpha value is -3.29. The quantitative estimate of drug-likeness (QED) is 0.239. The van der Waals surface area contributed by atoms with Crippen LogP contribution in [0.25, 0.3) is 6.08 Å². The first-order valence-corrected chi connectivity index (χ1v) is 14.8. The minimum Gasteiger partial charge on any atom is -0.493 e. The van der Waals surface area contributed by atoms with E-state index >= 15 is 0 Å². The number of nitrogens with zero attached hydrogens (tertiary/aromatic N) is 3. The van der Waals surface area contributed by atoms with Crippen molar-refractivity contribution >= 4 is 46.1 Å². The maximum Gasteiger partial charge on any atom is 0.270 e. The lowest BCUT2D eigenvalue weighted by Gasteiger charge is -2.22. The van der Waals surface area contributed by atoms with Crippen molar-refractivity contribution in [3.8, 4) is 17.6 Å². The number of aromatic nitrogens is 1. The number of methoxy groups -OCH3 is 2. The van der Waals surface area contributed by atoms with Crippen LogP contribution in [0.3, 0.4) is 0 Å². The average Bonchev–Trinajstić information content (AvgIpc) is 3.22. The van der Waals surface area contributed by atoms with Gasteiger partial charge in [-0.05, 0) is 55.0 Å². The Labute approximate surface area is 246 Å². The molecule has 1 aliphatic heterocycles. The molecular weight excluding hydrogens is 544 g/mol. The lowest BCUT2D eigenvalue weighted by molar-refractivity contribution is -0.122. The summed E-state index contributed by atoms with van der Waals surface area (Å²) in [6.45, 7) is 7.16. The van der Waals surface area contributed by atoms with Crippen molar-refractivity contribution in [1.29, 1.82) is 5.26 Å². The highest BCUT2D eigenvalue weighted by molar-refractivity contribution is 8.26. The molecule has 1 amide bonds. The van der Waals surface area contributed by atoms with E-state index in [1.165, 1.54) is 16.3 Å². The molecule has 10 heteroatoms. The van der Waals surface area contributed by atoms with Crippen molar-refractivity contribution in [2.75, 3.05) is 32.6 Å². The maximum absolute atomic E-state index is 13.5. The molecule has 1 aromatic heterocycles. The molecule has 1 unspecified atom stereocenters. The second-order valence-corrected chi connectivity index (χ2v) is 11.5. The van der Waals surface area contributed by atoms with Gasteiger partial charge in [-0.1, -0.05) is 63.2 Å². The topological polar surface area (TPSA) is 96.6 Å². The summed E-state index contributed by atoms with van der Waals surface area (Å²) in [5, 5.41) is 13.1. The summed E-state index contributed by atoms with van der Waals surface area (Å²) in [6.07, 6.45) is 6.68. The fourth-order valence-electron chi connectivity index (χ4n) is 4.77. The number of hydrogen-bond acceptors (Lipinski definition) is 8. The number of hydrogen-bond donors (Lipinski definition) is 1. The van der Waals surface area contributed by atoms with E-state index in [0.29, 0.717) is 63.1 Å².